The fraction of sp³-hybridized carbons (Fsp3) is 0.600. The third-order valence-electron chi connectivity index (χ3n) is 1.58. The van der Waals surface area contributed by atoms with E-state index in [9.17, 15) is 4.79 Å². The van der Waals surface area contributed by atoms with Gasteiger partial charge in [-0.25, -0.2) is 9.89 Å². The number of nitrogen functional groups attached to an aromatic ring is 1. The van der Waals surface area contributed by atoms with Gasteiger partial charge < -0.3 is 14.9 Å². The Kier molecular flexibility index (Phi) is 4.35. The van der Waals surface area contributed by atoms with Crippen LogP contribution in [0.25, 0.3) is 0 Å². The SMILES string of the molecule is COP(=S)(OC)SCc1n[nH]c(=O)n1N. The molecule has 1 aromatic heterocycles. The van der Waals surface area contributed by atoms with Gasteiger partial charge in [-0.15, -0.1) is 0 Å². The molecule has 10 heteroatoms. The summed E-state index contributed by atoms with van der Waals surface area (Å²) in [5.74, 6) is 6.16. The third kappa shape index (κ3) is 3.05. The van der Waals surface area contributed by atoms with Gasteiger partial charge in [-0.2, -0.15) is 9.77 Å². The van der Waals surface area contributed by atoms with Gasteiger partial charge in [0.25, 0.3) is 0 Å². The Labute approximate surface area is 95.2 Å². The number of rotatable bonds is 5. The van der Waals surface area contributed by atoms with E-state index in [1.165, 1.54) is 25.6 Å². The summed E-state index contributed by atoms with van der Waals surface area (Å²) < 4.78 is 11.0. The van der Waals surface area contributed by atoms with Gasteiger partial charge in [-0.05, 0) is 11.8 Å². The molecule has 1 aromatic rings. The summed E-state index contributed by atoms with van der Waals surface area (Å²) in [5.41, 5.74) is -2.80. The number of nitrogens with two attached hydrogens (primary N) is 1. The highest BCUT2D eigenvalue weighted by molar-refractivity contribution is 8.67. The highest BCUT2D eigenvalue weighted by atomic mass is 32.9. The van der Waals surface area contributed by atoms with Gasteiger partial charge in [-0.3, -0.25) is 0 Å². The number of nitrogens with zero attached hydrogens (tertiary/aromatic N) is 2. The molecular formula is C5H11N4O3PS2. The van der Waals surface area contributed by atoms with Crippen LogP contribution in [0.15, 0.2) is 4.79 Å². The first-order valence-electron chi connectivity index (χ1n) is 3.80. The maximum Gasteiger partial charge on any atom is 0.361 e. The van der Waals surface area contributed by atoms with E-state index in [0.29, 0.717) is 11.6 Å². The molecule has 0 aliphatic rings. The van der Waals surface area contributed by atoms with Crippen LogP contribution < -0.4 is 11.5 Å². The molecule has 0 bridgehead atoms. The van der Waals surface area contributed by atoms with Crippen LogP contribution in [0.1, 0.15) is 5.82 Å². The number of nitrogens with one attached hydrogen (secondary N) is 1. The van der Waals surface area contributed by atoms with E-state index in [1.54, 1.807) is 0 Å². The van der Waals surface area contributed by atoms with Gasteiger partial charge in [0, 0.05) is 14.2 Å². The molecular weight excluding hydrogens is 259 g/mol. The first-order valence-corrected chi connectivity index (χ1v) is 8.02. The maximum absolute atomic E-state index is 10.9. The zero-order valence-electron chi connectivity index (χ0n) is 8.17. The maximum atomic E-state index is 10.9. The molecule has 0 atom stereocenters. The summed E-state index contributed by atoms with van der Waals surface area (Å²) in [6, 6.07) is 0. The minimum atomic E-state index is -2.33. The van der Waals surface area contributed by atoms with E-state index < -0.39 is 11.4 Å². The average Bonchev–Trinajstić information content (AvgIpc) is 2.57. The molecule has 3 N–H and O–H groups in total. The van der Waals surface area contributed by atoms with Crippen molar-refractivity contribution in [3.05, 3.63) is 16.3 Å². The molecule has 1 rings (SSSR count). The lowest BCUT2D eigenvalue weighted by molar-refractivity contribution is 0.354. The Bertz CT molecular complexity index is 422. The van der Waals surface area contributed by atoms with Gasteiger partial charge in [0.15, 0.2) is 5.82 Å². The van der Waals surface area contributed by atoms with E-state index in [1.807, 2.05) is 0 Å². The molecule has 0 saturated carbocycles. The van der Waals surface area contributed by atoms with Crippen LogP contribution in [-0.4, -0.2) is 29.1 Å². The number of H-pyrrole nitrogens is 1. The van der Waals surface area contributed by atoms with Crippen molar-refractivity contribution in [3.8, 4) is 0 Å². The summed E-state index contributed by atoms with van der Waals surface area (Å²) in [7, 11) is 2.97. The molecule has 0 aliphatic heterocycles. The molecule has 0 aromatic carbocycles. The fourth-order valence-corrected chi connectivity index (χ4v) is 3.52. The first-order chi connectivity index (χ1) is 7.02. The summed E-state index contributed by atoms with van der Waals surface area (Å²) in [6.45, 7) is 0. The molecule has 0 spiro atoms. The van der Waals surface area contributed by atoms with Crippen molar-refractivity contribution in [1.82, 2.24) is 14.9 Å². The van der Waals surface area contributed by atoms with Crippen molar-refractivity contribution in [3.63, 3.8) is 0 Å². The fourth-order valence-electron chi connectivity index (χ4n) is 0.756. The van der Waals surface area contributed by atoms with E-state index in [2.05, 4.69) is 10.2 Å². The van der Waals surface area contributed by atoms with Crippen molar-refractivity contribution >= 4 is 28.9 Å². The quantitative estimate of drug-likeness (QED) is 0.576. The van der Waals surface area contributed by atoms with Gasteiger partial charge in [-0.1, -0.05) is 11.4 Å². The lowest BCUT2D eigenvalue weighted by atomic mass is 10.7. The van der Waals surface area contributed by atoms with Gasteiger partial charge in [0.1, 0.15) is 0 Å². The van der Waals surface area contributed by atoms with Crippen LogP contribution in [0.3, 0.4) is 0 Å². The van der Waals surface area contributed by atoms with Crippen LogP contribution in [0, 0.1) is 0 Å². The number of aromatic nitrogens is 3. The molecule has 0 aliphatic carbocycles. The van der Waals surface area contributed by atoms with Crippen LogP contribution in [0.4, 0.5) is 0 Å². The molecule has 0 amide bonds. The Hall–Kier alpha value is -0.340. The monoisotopic (exact) mass is 270 g/mol. The third-order valence-corrected chi connectivity index (χ3v) is 7.25. The van der Waals surface area contributed by atoms with Crippen molar-refractivity contribution in [2.24, 2.45) is 0 Å². The van der Waals surface area contributed by atoms with Crippen LogP contribution in [0.5, 0.6) is 0 Å². The molecule has 7 nitrogen and oxygen atoms in total. The van der Waals surface area contributed by atoms with E-state index in [0.717, 1.165) is 4.68 Å². The van der Waals surface area contributed by atoms with E-state index in [-0.39, 0.29) is 0 Å². The Morgan fingerprint density at radius 3 is 2.67 bits per heavy atom. The highest BCUT2D eigenvalue weighted by Crippen LogP contribution is 2.60. The van der Waals surface area contributed by atoms with Crippen molar-refractivity contribution in [1.29, 1.82) is 0 Å². The summed E-state index contributed by atoms with van der Waals surface area (Å²) in [5, 5.41) is 5.95. The molecule has 15 heavy (non-hydrogen) atoms. The lowest BCUT2D eigenvalue weighted by Gasteiger charge is -2.15. The Balaban J connectivity index is 2.69. The van der Waals surface area contributed by atoms with Crippen LogP contribution in [0.2, 0.25) is 0 Å². The minimum Gasteiger partial charge on any atom is -0.333 e. The number of aromatic amines is 1. The zero-order chi connectivity index (χ0) is 11.5. The predicted octanol–water partition coefficient (Wildman–Crippen LogP) is 0.0357. The smallest absolute Gasteiger partial charge is 0.333 e. The second-order valence-electron chi connectivity index (χ2n) is 2.40. The largest absolute Gasteiger partial charge is 0.361 e. The molecule has 0 radical (unpaired) electrons. The van der Waals surface area contributed by atoms with Gasteiger partial charge in [0.05, 0.1) is 5.75 Å². The summed E-state index contributed by atoms with van der Waals surface area (Å²) >= 11 is 6.38. The topological polar surface area (TPSA) is 95.2 Å². The van der Waals surface area contributed by atoms with Gasteiger partial charge >= 0.3 is 5.69 Å². The standard InChI is InChI=1S/C5H11N4O3PS2/c1-11-13(14,12-2)15-3-4-7-8-5(10)9(4)6/h3,6H2,1-2H3,(H,8,10). The zero-order valence-corrected chi connectivity index (χ0v) is 10.7. The normalized spacial score (nSPS) is 11.9. The van der Waals surface area contributed by atoms with E-state index in [4.69, 9.17) is 26.7 Å². The Morgan fingerprint density at radius 2 is 2.27 bits per heavy atom. The molecule has 1 heterocycles. The molecule has 0 saturated heterocycles. The predicted molar refractivity (Wildman–Crippen MR) is 62.6 cm³/mol. The van der Waals surface area contributed by atoms with Crippen molar-refractivity contribution < 1.29 is 9.05 Å². The Morgan fingerprint density at radius 1 is 1.67 bits per heavy atom. The summed E-state index contributed by atoms with van der Waals surface area (Å²) in [6.07, 6.45) is 0. The van der Waals surface area contributed by atoms with Crippen molar-refractivity contribution in [2.45, 2.75) is 5.75 Å². The molecule has 0 unspecified atom stereocenters. The summed E-state index contributed by atoms with van der Waals surface area (Å²) in [4.78, 5) is 10.9. The number of hydrogen-bond acceptors (Lipinski definition) is 7. The highest BCUT2D eigenvalue weighted by Gasteiger charge is 2.18. The molecule has 86 valence electrons. The lowest BCUT2D eigenvalue weighted by Crippen LogP contribution is -2.25. The first kappa shape index (κ1) is 12.7. The minimum absolute atomic E-state index is 0.355. The number of hydrogen-bond donors (Lipinski definition) is 2. The molecule has 0 fully saturated rings. The van der Waals surface area contributed by atoms with E-state index >= 15 is 0 Å². The second-order valence-corrected chi connectivity index (χ2v) is 8.92. The van der Waals surface area contributed by atoms with Gasteiger partial charge in [0.2, 0.25) is 5.69 Å². The average molecular weight is 270 g/mol. The van der Waals surface area contributed by atoms with Crippen LogP contribution in [-0.2, 0) is 26.6 Å². The second kappa shape index (κ2) is 5.13. The van der Waals surface area contributed by atoms with Crippen molar-refractivity contribution in [2.75, 3.05) is 20.1 Å². The van der Waals surface area contributed by atoms with Crippen LogP contribution >= 0.6 is 17.1 Å².